The lowest BCUT2D eigenvalue weighted by molar-refractivity contribution is 0.0193. The molecular weight excluding hydrogens is 727 g/mol. The highest BCUT2D eigenvalue weighted by Crippen LogP contribution is 2.36. The number of phenolic OH excluding ortho intramolecular Hbond substituents is 1. The summed E-state index contributed by atoms with van der Waals surface area (Å²) < 4.78 is 12.8. The predicted octanol–water partition coefficient (Wildman–Crippen LogP) is 6.93. The number of morpholine rings is 1. The number of rotatable bonds is 8. The van der Waals surface area contributed by atoms with Gasteiger partial charge in [-0.05, 0) is 85.1 Å². The number of aromatic hydroxyl groups is 1. The van der Waals surface area contributed by atoms with Crippen LogP contribution in [-0.2, 0) is 24.8 Å². The Morgan fingerprint density at radius 3 is 2.44 bits per heavy atom. The number of fused-ring (bicyclic) bond motifs is 1. The summed E-state index contributed by atoms with van der Waals surface area (Å²) in [4.78, 5) is 39.7. The molecule has 1 N–H and O–H groups in total. The zero-order valence-corrected chi connectivity index (χ0v) is 31.7. The number of carbonyl (C=O) groups excluding carboxylic acids is 2. The minimum atomic E-state index is -0.426. The number of amides is 2. The quantitative estimate of drug-likeness (QED) is 0.180. The van der Waals surface area contributed by atoms with E-state index in [2.05, 4.69) is 22.0 Å². The van der Waals surface area contributed by atoms with Gasteiger partial charge in [0.2, 0.25) is 0 Å². The van der Waals surface area contributed by atoms with E-state index in [1.54, 1.807) is 48.5 Å². The molecule has 1 fully saturated rings. The van der Waals surface area contributed by atoms with Gasteiger partial charge in [-0.2, -0.15) is 5.26 Å². The largest absolute Gasteiger partial charge is 0.508 e. The van der Waals surface area contributed by atoms with Gasteiger partial charge < -0.3 is 24.0 Å². The van der Waals surface area contributed by atoms with Gasteiger partial charge in [-0.3, -0.25) is 19.4 Å². The number of hydrogen-bond donors (Lipinski definition) is 1. The van der Waals surface area contributed by atoms with Crippen molar-refractivity contribution in [2.24, 2.45) is 7.05 Å². The average molecular weight is 768 g/mol. The third-order valence-electron chi connectivity index (χ3n) is 10.2. The Morgan fingerprint density at radius 2 is 1.74 bits per heavy atom. The number of benzene rings is 3. The smallest absolute Gasteiger partial charge is 0.265 e. The molecular formula is C41H40Cl2N6O5. The molecule has 54 heavy (non-hydrogen) atoms. The highest BCUT2D eigenvalue weighted by atomic mass is 35.5. The molecule has 1 atom stereocenters. The number of phenols is 1. The second-order valence-corrected chi connectivity index (χ2v) is 13.7. The summed E-state index contributed by atoms with van der Waals surface area (Å²) in [5.41, 5.74) is 5.51. The first-order valence-electron chi connectivity index (χ1n) is 17.4. The molecule has 5 aromatic rings. The SMILES string of the molecule is COc1ccc(N(C(=O)c2cc(-c3cc(Cl)ccc3C(=O)N3Cc4ccccc4C[C@H]3CN3CCOCC3)n(C)c2C)c2ccc(O)cc2)nc1C#N.Cl. The van der Waals surface area contributed by atoms with Crippen LogP contribution < -0.4 is 9.64 Å². The van der Waals surface area contributed by atoms with Gasteiger partial charge >= 0.3 is 0 Å². The van der Waals surface area contributed by atoms with E-state index in [0.717, 1.165) is 31.6 Å². The number of nitriles is 1. The van der Waals surface area contributed by atoms with Crippen molar-refractivity contribution >= 4 is 47.3 Å². The molecule has 278 valence electrons. The number of aromatic nitrogens is 2. The van der Waals surface area contributed by atoms with E-state index in [9.17, 15) is 20.0 Å². The standard InChI is InChI=1S/C41H39ClN6O5.ClH/c1-26-34(41(51)48(30-9-11-32(49)12-10-30)39-15-14-38(52-3)36(23-43)44-39)22-37(45(26)2)35-21-29(42)8-13-33(35)40(50)47-24-28-7-5-4-6-27(28)20-31(47)25-46-16-18-53-19-17-46;/h4-15,21-22,31,49H,16-20,24-25H2,1-3H3;1H/t31-;/m0./s1. The van der Waals surface area contributed by atoms with Crippen LogP contribution in [0.25, 0.3) is 11.3 Å². The maximum Gasteiger partial charge on any atom is 0.265 e. The van der Waals surface area contributed by atoms with E-state index in [-0.39, 0.29) is 47.4 Å². The van der Waals surface area contributed by atoms with Gasteiger partial charge in [0, 0.05) is 66.8 Å². The number of nitrogens with zero attached hydrogens (tertiary/aromatic N) is 6. The zero-order valence-electron chi connectivity index (χ0n) is 30.2. The molecule has 13 heteroatoms. The Labute approximate surface area is 325 Å². The highest BCUT2D eigenvalue weighted by Gasteiger charge is 2.34. The summed E-state index contributed by atoms with van der Waals surface area (Å²) >= 11 is 6.63. The zero-order chi connectivity index (χ0) is 37.2. The van der Waals surface area contributed by atoms with Crippen LogP contribution in [0.3, 0.4) is 0 Å². The molecule has 0 spiro atoms. The number of carbonyl (C=O) groups is 2. The molecule has 2 aliphatic rings. The van der Waals surface area contributed by atoms with E-state index in [1.165, 1.54) is 29.7 Å². The van der Waals surface area contributed by atoms with Crippen molar-refractivity contribution in [3.8, 4) is 28.8 Å². The van der Waals surface area contributed by atoms with Crippen molar-refractivity contribution in [1.29, 1.82) is 5.26 Å². The van der Waals surface area contributed by atoms with Crippen LogP contribution in [0.1, 0.15) is 43.2 Å². The van der Waals surface area contributed by atoms with Crippen LogP contribution in [0.15, 0.2) is 84.9 Å². The molecule has 0 aliphatic carbocycles. The van der Waals surface area contributed by atoms with Crippen LogP contribution >= 0.6 is 24.0 Å². The Morgan fingerprint density at radius 1 is 1.02 bits per heavy atom. The second kappa shape index (κ2) is 16.3. The summed E-state index contributed by atoms with van der Waals surface area (Å²) in [5, 5.41) is 20.3. The van der Waals surface area contributed by atoms with Gasteiger partial charge in [0.05, 0.1) is 31.6 Å². The van der Waals surface area contributed by atoms with E-state index in [1.807, 2.05) is 41.6 Å². The van der Waals surface area contributed by atoms with Gasteiger partial charge in [-0.1, -0.05) is 35.9 Å². The molecule has 11 nitrogen and oxygen atoms in total. The highest BCUT2D eigenvalue weighted by molar-refractivity contribution is 6.31. The fourth-order valence-electron chi connectivity index (χ4n) is 7.20. The molecule has 0 saturated carbocycles. The van der Waals surface area contributed by atoms with Crippen molar-refractivity contribution in [2.75, 3.05) is 44.9 Å². The maximum absolute atomic E-state index is 14.8. The molecule has 7 rings (SSSR count). The van der Waals surface area contributed by atoms with Crippen molar-refractivity contribution < 1.29 is 24.2 Å². The van der Waals surface area contributed by atoms with Crippen LogP contribution in [0.4, 0.5) is 11.5 Å². The van der Waals surface area contributed by atoms with Crippen LogP contribution in [-0.4, -0.2) is 82.3 Å². The lowest BCUT2D eigenvalue weighted by Crippen LogP contribution is -2.52. The van der Waals surface area contributed by atoms with Crippen molar-refractivity contribution in [2.45, 2.75) is 25.9 Å². The predicted molar refractivity (Wildman–Crippen MR) is 209 cm³/mol. The van der Waals surface area contributed by atoms with Gasteiger partial charge in [0.15, 0.2) is 11.4 Å². The first-order chi connectivity index (χ1) is 25.7. The Hall–Kier alpha value is -5.38. The Kier molecular flexibility index (Phi) is 11.6. The number of methoxy groups -OCH3 is 1. The summed E-state index contributed by atoms with van der Waals surface area (Å²) in [7, 11) is 3.29. The molecule has 2 amide bonds. The van der Waals surface area contributed by atoms with Gasteiger partial charge in [0.1, 0.15) is 17.6 Å². The van der Waals surface area contributed by atoms with Gasteiger partial charge in [-0.15, -0.1) is 12.4 Å². The summed E-state index contributed by atoms with van der Waals surface area (Å²) in [6.45, 7) is 6.01. The molecule has 0 unspecified atom stereocenters. The number of anilines is 2. The topological polar surface area (TPSA) is 124 Å². The van der Waals surface area contributed by atoms with Crippen LogP contribution in [0.5, 0.6) is 11.5 Å². The molecule has 0 bridgehead atoms. The molecule has 4 heterocycles. The normalized spacial score (nSPS) is 15.5. The fraction of sp³-hybridized carbons (Fsp3) is 0.268. The van der Waals surface area contributed by atoms with Crippen molar-refractivity contribution in [3.63, 3.8) is 0 Å². The lowest BCUT2D eigenvalue weighted by Gasteiger charge is -2.40. The number of hydrogen-bond acceptors (Lipinski definition) is 8. The van der Waals surface area contributed by atoms with E-state index < -0.39 is 5.91 Å². The van der Waals surface area contributed by atoms with E-state index in [4.69, 9.17) is 21.1 Å². The van der Waals surface area contributed by atoms with Crippen molar-refractivity contribution in [3.05, 3.63) is 124 Å². The van der Waals surface area contributed by atoms with E-state index >= 15 is 0 Å². The minimum Gasteiger partial charge on any atom is -0.508 e. The minimum absolute atomic E-state index is 0. The first kappa shape index (κ1) is 38.3. The lowest BCUT2D eigenvalue weighted by atomic mass is 9.92. The summed E-state index contributed by atoms with van der Waals surface area (Å²) in [6.07, 6.45) is 0.740. The average Bonchev–Trinajstić information content (AvgIpc) is 3.48. The monoisotopic (exact) mass is 766 g/mol. The third kappa shape index (κ3) is 7.52. The van der Waals surface area contributed by atoms with Gasteiger partial charge in [-0.25, -0.2) is 4.98 Å². The van der Waals surface area contributed by atoms with Crippen LogP contribution in [0.2, 0.25) is 5.02 Å². The van der Waals surface area contributed by atoms with Crippen LogP contribution in [0, 0.1) is 18.3 Å². The molecule has 3 aromatic carbocycles. The third-order valence-corrected chi connectivity index (χ3v) is 10.4. The Balaban J connectivity index is 0.00000497. The maximum atomic E-state index is 14.8. The number of halogens is 2. The number of ether oxygens (including phenoxy) is 2. The molecule has 2 aromatic heterocycles. The summed E-state index contributed by atoms with van der Waals surface area (Å²) in [5.74, 6) is -0.0477. The Bertz CT molecular complexity index is 2230. The second-order valence-electron chi connectivity index (χ2n) is 13.2. The molecule has 2 aliphatic heterocycles. The molecule has 0 radical (unpaired) electrons. The first-order valence-corrected chi connectivity index (χ1v) is 17.8. The fourth-order valence-corrected chi connectivity index (χ4v) is 7.37. The number of pyridine rings is 1. The van der Waals surface area contributed by atoms with Crippen molar-refractivity contribution in [1.82, 2.24) is 19.4 Å². The van der Waals surface area contributed by atoms with Gasteiger partial charge in [0.25, 0.3) is 11.8 Å². The summed E-state index contributed by atoms with van der Waals surface area (Å²) in [6, 6.07) is 26.6. The van der Waals surface area contributed by atoms with E-state index in [0.29, 0.717) is 58.5 Å². The molecule has 1 saturated heterocycles.